The first kappa shape index (κ1) is 9.77. The predicted octanol–water partition coefficient (Wildman–Crippen LogP) is 0.127. The molecule has 1 heterocycles. The molecule has 0 amide bonds. The molecule has 1 aliphatic rings. The maximum atomic E-state index is 5.58. The van der Waals surface area contributed by atoms with Crippen LogP contribution in [-0.4, -0.2) is 5.01 Å². The van der Waals surface area contributed by atoms with Gasteiger partial charge < -0.3 is 0 Å². The van der Waals surface area contributed by atoms with Gasteiger partial charge in [-0.3, -0.25) is 10.0 Å². The highest BCUT2D eigenvalue weighted by Crippen LogP contribution is 1.84. The van der Waals surface area contributed by atoms with Crippen LogP contribution in [0.1, 0.15) is 0 Å². The van der Waals surface area contributed by atoms with Gasteiger partial charge in [-0.25, -0.2) is 5.84 Å². The second kappa shape index (κ2) is 4.07. The zero-order chi connectivity index (χ0) is 8.39. The monoisotopic (exact) mass is 195 g/mol. The molecule has 0 aromatic heterocycles. The number of rotatable bonds is 0. The lowest BCUT2D eigenvalue weighted by molar-refractivity contribution is 0.588. The van der Waals surface area contributed by atoms with Gasteiger partial charge in [-0.05, 0) is 6.07 Å². The first-order valence-corrected chi connectivity index (χ1v) is 3.71. The smallest absolute Gasteiger partial charge is 0.0717 e. The van der Waals surface area contributed by atoms with Crippen LogP contribution in [0.2, 0.25) is 0 Å². The van der Waals surface area contributed by atoms with Crippen molar-refractivity contribution in [2.75, 3.05) is 0 Å². The van der Waals surface area contributed by atoms with Crippen molar-refractivity contribution in [2.24, 2.45) is 10.8 Å². The van der Waals surface area contributed by atoms with Crippen LogP contribution >= 0.6 is 12.4 Å². The zero-order valence-electron chi connectivity index (χ0n) is 6.92. The lowest BCUT2D eigenvalue weighted by Crippen LogP contribution is -2.28. The van der Waals surface area contributed by atoms with E-state index in [-0.39, 0.29) is 12.4 Å². The molecule has 2 N–H and O–H groups in total. The van der Waals surface area contributed by atoms with Crippen molar-refractivity contribution in [1.82, 2.24) is 5.01 Å². The molecule has 0 aliphatic carbocycles. The molecule has 4 heteroatoms. The summed E-state index contributed by atoms with van der Waals surface area (Å²) in [7, 11) is 0. The average molecular weight is 196 g/mol. The molecule has 3 nitrogen and oxygen atoms in total. The number of nitrogens with zero attached hydrogens (tertiary/aromatic N) is 2. The van der Waals surface area contributed by atoms with E-state index in [1.54, 1.807) is 12.4 Å². The molecule has 68 valence electrons. The molecular weight excluding hydrogens is 186 g/mol. The number of hydrogen-bond acceptors (Lipinski definition) is 3. The molecule has 1 aliphatic heterocycles. The standard InChI is InChI=1S/C9H9N3.ClH/c10-12-6-5-11-9-4-2-1-3-8(9)7-12;/h1-7H,10H2;1H. The average Bonchev–Trinajstić information content (AvgIpc) is 2.25. The lowest BCUT2D eigenvalue weighted by Gasteiger charge is -2.02. The third-order valence-corrected chi connectivity index (χ3v) is 1.68. The van der Waals surface area contributed by atoms with Crippen molar-refractivity contribution in [1.29, 1.82) is 0 Å². The molecule has 0 spiro atoms. The quantitative estimate of drug-likeness (QED) is 0.598. The summed E-state index contributed by atoms with van der Waals surface area (Å²) in [5, 5.41) is 3.47. The Morgan fingerprint density at radius 1 is 1.23 bits per heavy atom. The Kier molecular flexibility index (Phi) is 3.06. The summed E-state index contributed by atoms with van der Waals surface area (Å²) in [6.45, 7) is 0. The Morgan fingerprint density at radius 3 is 2.85 bits per heavy atom. The van der Waals surface area contributed by atoms with Gasteiger partial charge in [0.2, 0.25) is 0 Å². The van der Waals surface area contributed by atoms with Crippen LogP contribution in [0.3, 0.4) is 0 Å². The molecule has 1 aromatic carbocycles. The van der Waals surface area contributed by atoms with E-state index < -0.39 is 0 Å². The van der Waals surface area contributed by atoms with Crippen molar-refractivity contribution < 1.29 is 0 Å². The van der Waals surface area contributed by atoms with E-state index in [2.05, 4.69) is 4.99 Å². The molecule has 0 bridgehead atoms. The number of nitrogens with two attached hydrogens (primary N) is 1. The number of hydrazine groups is 1. The number of benzene rings is 1. The van der Waals surface area contributed by atoms with Gasteiger partial charge >= 0.3 is 0 Å². The number of fused-ring (bicyclic) bond motifs is 1. The zero-order valence-corrected chi connectivity index (χ0v) is 7.74. The Hall–Kier alpha value is -1.32. The molecule has 0 unspecified atom stereocenters. The highest BCUT2D eigenvalue weighted by atomic mass is 35.5. The molecule has 13 heavy (non-hydrogen) atoms. The minimum Gasteiger partial charge on any atom is -0.292 e. The normalized spacial score (nSPS) is 13.2. The van der Waals surface area contributed by atoms with Gasteiger partial charge in [-0.15, -0.1) is 12.4 Å². The van der Waals surface area contributed by atoms with Crippen LogP contribution in [-0.2, 0) is 0 Å². The van der Waals surface area contributed by atoms with Gasteiger partial charge in [-0.1, -0.05) is 18.2 Å². The number of halogens is 1. The fourth-order valence-electron chi connectivity index (χ4n) is 1.11. The first-order chi connectivity index (χ1) is 5.86. The summed E-state index contributed by atoms with van der Waals surface area (Å²) >= 11 is 0. The first-order valence-electron chi connectivity index (χ1n) is 3.71. The molecule has 0 fully saturated rings. The second-order valence-corrected chi connectivity index (χ2v) is 2.56. The molecule has 2 rings (SSSR count). The van der Waals surface area contributed by atoms with E-state index in [0.717, 1.165) is 10.6 Å². The molecule has 0 saturated heterocycles. The van der Waals surface area contributed by atoms with Crippen LogP contribution in [0.25, 0.3) is 6.20 Å². The Balaban J connectivity index is 0.000000845. The van der Waals surface area contributed by atoms with Crippen molar-refractivity contribution >= 4 is 18.6 Å². The Morgan fingerprint density at radius 2 is 2.00 bits per heavy atom. The van der Waals surface area contributed by atoms with Crippen molar-refractivity contribution in [3.05, 3.63) is 47.2 Å². The van der Waals surface area contributed by atoms with Crippen molar-refractivity contribution in [3.8, 4) is 0 Å². The fraction of sp³-hybridized carbons (Fsp3) is 0. The van der Waals surface area contributed by atoms with Crippen LogP contribution in [0, 0.1) is 0 Å². The van der Waals surface area contributed by atoms with E-state index in [0.29, 0.717) is 0 Å². The summed E-state index contributed by atoms with van der Waals surface area (Å²) in [6.07, 6.45) is 5.23. The Bertz CT molecular complexity index is 425. The SMILES string of the molecule is Cl.NN1C=CN=c2ccccc2=C1. The molecular formula is C9H10ClN3. The van der Waals surface area contributed by atoms with Crippen LogP contribution in [0.4, 0.5) is 0 Å². The highest BCUT2D eigenvalue weighted by molar-refractivity contribution is 5.85. The van der Waals surface area contributed by atoms with E-state index in [1.807, 2.05) is 30.5 Å². The minimum absolute atomic E-state index is 0. The van der Waals surface area contributed by atoms with Crippen LogP contribution < -0.4 is 16.4 Å². The Labute approximate surface area is 82.3 Å². The van der Waals surface area contributed by atoms with Gasteiger partial charge in [0, 0.05) is 23.8 Å². The van der Waals surface area contributed by atoms with Crippen molar-refractivity contribution in [2.45, 2.75) is 0 Å². The van der Waals surface area contributed by atoms with E-state index in [4.69, 9.17) is 5.84 Å². The van der Waals surface area contributed by atoms with Crippen LogP contribution in [0.5, 0.6) is 0 Å². The van der Waals surface area contributed by atoms with E-state index in [1.165, 1.54) is 5.01 Å². The van der Waals surface area contributed by atoms with Gasteiger partial charge in [0.15, 0.2) is 0 Å². The molecule has 0 saturated carbocycles. The summed E-state index contributed by atoms with van der Waals surface area (Å²) in [5.74, 6) is 5.58. The van der Waals surface area contributed by atoms with Gasteiger partial charge in [0.25, 0.3) is 0 Å². The second-order valence-electron chi connectivity index (χ2n) is 2.56. The topological polar surface area (TPSA) is 41.6 Å². The van der Waals surface area contributed by atoms with E-state index >= 15 is 0 Å². The maximum Gasteiger partial charge on any atom is 0.0717 e. The summed E-state index contributed by atoms with van der Waals surface area (Å²) < 4.78 is 0. The fourth-order valence-corrected chi connectivity index (χ4v) is 1.11. The largest absolute Gasteiger partial charge is 0.292 e. The summed E-state index contributed by atoms with van der Waals surface area (Å²) in [5.41, 5.74) is 0. The third-order valence-electron chi connectivity index (χ3n) is 1.68. The molecule has 0 radical (unpaired) electrons. The minimum atomic E-state index is 0. The molecule has 1 aromatic rings. The number of para-hydroxylation sites is 1. The summed E-state index contributed by atoms with van der Waals surface area (Å²) in [4.78, 5) is 4.20. The summed E-state index contributed by atoms with van der Waals surface area (Å²) in [6, 6.07) is 7.85. The van der Waals surface area contributed by atoms with E-state index in [9.17, 15) is 0 Å². The van der Waals surface area contributed by atoms with Gasteiger partial charge in [-0.2, -0.15) is 0 Å². The molecule has 0 atom stereocenters. The third kappa shape index (κ3) is 2.08. The van der Waals surface area contributed by atoms with Crippen molar-refractivity contribution in [3.63, 3.8) is 0 Å². The number of hydrogen-bond donors (Lipinski definition) is 1. The van der Waals surface area contributed by atoms with Gasteiger partial charge in [0.1, 0.15) is 0 Å². The highest BCUT2D eigenvalue weighted by Gasteiger charge is 1.90. The van der Waals surface area contributed by atoms with Gasteiger partial charge in [0.05, 0.1) is 5.36 Å². The lowest BCUT2D eigenvalue weighted by atomic mass is 10.3. The van der Waals surface area contributed by atoms with Crippen LogP contribution in [0.15, 0.2) is 41.7 Å². The maximum absolute atomic E-state index is 5.58. The predicted molar refractivity (Wildman–Crippen MR) is 54.1 cm³/mol.